The molecule has 1 rings (SSSR count). The van der Waals surface area contributed by atoms with E-state index >= 15 is 0 Å². The highest BCUT2D eigenvalue weighted by Gasteiger charge is 2.11. The van der Waals surface area contributed by atoms with Crippen LogP contribution in [0.3, 0.4) is 0 Å². The van der Waals surface area contributed by atoms with Crippen LogP contribution in [0.4, 0.5) is 0 Å². The standard InChI is InChI=1S/C12H14ClNO3/c1-2-7-17-11(15)8-14-12(16)9-5-3-4-6-10(9)13/h3-6H,2,7-8H2,1H3,(H,14,16). The quantitative estimate of drug-likeness (QED) is 0.819. The molecule has 0 saturated carbocycles. The molecule has 0 radical (unpaired) electrons. The summed E-state index contributed by atoms with van der Waals surface area (Å²) < 4.78 is 4.82. The minimum absolute atomic E-state index is 0.149. The van der Waals surface area contributed by atoms with E-state index in [-0.39, 0.29) is 12.5 Å². The van der Waals surface area contributed by atoms with Crippen molar-refractivity contribution in [2.45, 2.75) is 13.3 Å². The molecule has 1 N–H and O–H groups in total. The lowest BCUT2D eigenvalue weighted by atomic mass is 10.2. The Kier molecular flexibility index (Phi) is 5.49. The van der Waals surface area contributed by atoms with Gasteiger partial charge in [-0.25, -0.2) is 0 Å². The van der Waals surface area contributed by atoms with Crippen molar-refractivity contribution in [1.82, 2.24) is 5.32 Å². The van der Waals surface area contributed by atoms with Crippen LogP contribution in [0.15, 0.2) is 24.3 Å². The molecule has 0 aromatic heterocycles. The van der Waals surface area contributed by atoms with Gasteiger partial charge in [-0.3, -0.25) is 9.59 Å². The molecule has 0 aliphatic heterocycles. The van der Waals surface area contributed by atoms with Crippen molar-refractivity contribution in [2.75, 3.05) is 13.2 Å². The van der Waals surface area contributed by atoms with Crippen molar-refractivity contribution in [3.8, 4) is 0 Å². The predicted octanol–water partition coefficient (Wildman–Crippen LogP) is 2.02. The molecule has 0 unspecified atom stereocenters. The van der Waals surface area contributed by atoms with Gasteiger partial charge in [0.05, 0.1) is 17.2 Å². The molecule has 0 aliphatic carbocycles. The predicted molar refractivity (Wildman–Crippen MR) is 65.0 cm³/mol. The summed E-state index contributed by atoms with van der Waals surface area (Å²) in [6, 6.07) is 6.64. The molecule has 4 nitrogen and oxygen atoms in total. The van der Waals surface area contributed by atoms with E-state index in [1.54, 1.807) is 24.3 Å². The summed E-state index contributed by atoms with van der Waals surface area (Å²) >= 11 is 5.84. The molecule has 0 bridgehead atoms. The summed E-state index contributed by atoms with van der Waals surface area (Å²) in [6.07, 6.45) is 0.754. The van der Waals surface area contributed by atoms with Crippen molar-refractivity contribution in [1.29, 1.82) is 0 Å². The van der Waals surface area contributed by atoms with Crippen LogP contribution in [0.2, 0.25) is 5.02 Å². The van der Waals surface area contributed by atoms with Gasteiger partial charge in [0, 0.05) is 0 Å². The molecule has 92 valence electrons. The van der Waals surface area contributed by atoms with Crippen LogP contribution in [0.25, 0.3) is 0 Å². The number of rotatable bonds is 5. The van der Waals surface area contributed by atoms with Crippen LogP contribution >= 0.6 is 11.6 Å². The molecule has 1 aromatic rings. The third-order valence-corrected chi connectivity index (χ3v) is 2.31. The molecule has 5 heteroatoms. The van der Waals surface area contributed by atoms with Crippen molar-refractivity contribution in [3.05, 3.63) is 34.9 Å². The fourth-order valence-corrected chi connectivity index (χ4v) is 1.38. The Morgan fingerprint density at radius 2 is 2.06 bits per heavy atom. The smallest absolute Gasteiger partial charge is 0.325 e. The number of benzene rings is 1. The van der Waals surface area contributed by atoms with Gasteiger partial charge in [-0.2, -0.15) is 0 Å². The van der Waals surface area contributed by atoms with Crippen molar-refractivity contribution >= 4 is 23.5 Å². The number of carbonyl (C=O) groups excluding carboxylic acids is 2. The SMILES string of the molecule is CCCOC(=O)CNC(=O)c1ccccc1Cl. The van der Waals surface area contributed by atoms with E-state index in [4.69, 9.17) is 16.3 Å². The third-order valence-electron chi connectivity index (χ3n) is 1.98. The van der Waals surface area contributed by atoms with Crippen molar-refractivity contribution < 1.29 is 14.3 Å². The molecule has 0 saturated heterocycles. The van der Waals surface area contributed by atoms with Crippen molar-refractivity contribution in [2.24, 2.45) is 0 Å². The Morgan fingerprint density at radius 1 is 1.35 bits per heavy atom. The number of esters is 1. The number of carbonyl (C=O) groups is 2. The molecule has 0 aliphatic rings. The lowest BCUT2D eigenvalue weighted by Crippen LogP contribution is -2.30. The van der Waals surface area contributed by atoms with E-state index in [2.05, 4.69) is 5.32 Å². The minimum Gasteiger partial charge on any atom is -0.464 e. The average Bonchev–Trinajstić information content (AvgIpc) is 2.34. The Hall–Kier alpha value is -1.55. The zero-order valence-corrected chi connectivity index (χ0v) is 10.3. The van der Waals surface area contributed by atoms with Gasteiger partial charge in [-0.15, -0.1) is 0 Å². The molecule has 17 heavy (non-hydrogen) atoms. The summed E-state index contributed by atoms with van der Waals surface area (Å²) in [7, 11) is 0. The van der Waals surface area contributed by atoms with Crippen LogP contribution in [0.5, 0.6) is 0 Å². The maximum Gasteiger partial charge on any atom is 0.325 e. The Labute approximate surface area is 105 Å². The van der Waals surface area contributed by atoms with Gasteiger partial charge in [-0.1, -0.05) is 30.7 Å². The normalized spacial score (nSPS) is 9.76. The van der Waals surface area contributed by atoms with Gasteiger partial charge in [0.2, 0.25) is 0 Å². The van der Waals surface area contributed by atoms with E-state index in [1.807, 2.05) is 6.92 Å². The summed E-state index contributed by atoms with van der Waals surface area (Å²) in [5.41, 5.74) is 0.345. The highest BCUT2D eigenvalue weighted by atomic mass is 35.5. The fraction of sp³-hybridized carbons (Fsp3) is 0.333. The van der Waals surface area contributed by atoms with Crippen molar-refractivity contribution in [3.63, 3.8) is 0 Å². The first kappa shape index (κ1) is 13.5. The van der Waals surface area contributed by atoms with Gasteiger partial charge in [0.25, 0.3) is 5.91 Å². The monoisotopic (exact) mass is 255 g/mol. The third kappa shape index (κ3) is 4.44. The first-order valence-corrected chi connectivity index (χ1v) is 5.71. The van der Waals surface area contributed by atoms with Gasteiger partial charge in [0.1, 0.15) is 6.54 Å². The lowest BCUT2D eigenvalue weighted by Gasteiger charge is -2.06. The average molecular weight is 256 g/mol. The summed E-state index contributed by atoms with van der Waals surface area (Å²) in [6.45, 7) is 2.11. The van der Waals surface area contributed by atoms with E-state index in [1.165, 1.54) is 0 Å². The maximum absolute atomic E-state index is 11.6. The van der Waals surface area contributed by atoms with Crippen LogP contribution in [-0.4, -0.2) is 25.0 Å². The molecule has 0 fully saturated rings. The topological polar surface area (TPSA) is 55.4 Å². The molecular weight excluding hydrogens is 242 g/mol. The van der Waals surface area contributed by atoms with Crippen LogP contribution in [0.1, 0.15) is 23.7 Å². The van der Waals surface area contributed by atoms with Crippen LogP contribution < -0.4 is 5.32 Å². The number of amides is 1. The largest absolute Gasteiger partial charge is 0.464 e. The summed E-state index contributed by atoms with van der Waals surface area (Å²) in [5, 5.41) is 2.80. The second-order valence-electron chi connectivity index (χ2n) is 3.38. The number of ether oxygens (including phenoxy) is 1. The molecule has 0 atom stereocenters. The maximum atomic E-state index is 11.6. The lowest BCUT2D eigenvalue weighted by molar-refractivity contribution is -0.142. The minimum atomic E-state index is -0.452. The zero-order valence-electron chi connectivity index (χ0n) is 9.53. The highest BCUT2D eigenvalue weighted by Crippen LogP contribution is 2.14. The van der Waals surface area contributed by atoms with Gasteiger partial charge >= 0.3 is 5.97 Å². The number of halogens is 1. The van der Waals surface area contributed by atoms with Gasteiger partial charge in [0.15, 0.2) is 0 Å². The highest BCUT2D eigenvalue weighted by molar-refractivity contribution is 6.33. The Bertz CT molecular complexity index is 406. The van der Waals surface area contributed by atoms with E-state index in [0.29, 0.717) is 17.2 Å². The van der Waals surface area contributed by atoms with E-state index < -0.39 is 5.97 Å². The van der Waals surface area contributed by atoms with Gasteiger partial charge < -0.3 is 10.1 Å². The van der Waals surface area contributed by atoms with Gasteiger partial charge in [-0.05, 0) is 18.6 Å². The second kappa shape index (κ2) is 6.91. The first-order valence-electron chi connectivity index (χ1n) is 5.33. The Morgan fingerprint density at radius 3 is 2.71 bits per heavy atom. The summed E-state index contributed by atoms with van der Waals surface area (Å²) in [4.78, 5) is 22.8. The molecule has 0 heterocycles. The number of nitrogens with one attached hydrogen (secondary N) is 1. The second-order valence-corrected chi connectivity index (χ2v) is 3.79. The Balaban J connectivity index is 2.45. The van der Waals surface area contributed by atoms with Crippen LogP contribution in [0, 0.1) is 0 Å². The molecular formula is C12H14ClNO3. The van der Waals surface area contributed by atoms with E-state index in [9.17, 15) is 9.59 Å². The molecule has 1 amide bonds. The molecule has 1 aromatic carbocycles. The van der Waals surface area contributed by atoms with Crippen LogP contribution in [-0.2, 0) is 9.53 Å². The van der Waals surface area contributed by atoms with E-state index in [0.717, 1.165) is 6.42 Å². The number of hydrogen-bond donors (Lipinski definition) is 1. The molecule has 0 spiro atoms. The zero-order chi connectivity index (χ0) is 12.7. The fourth-order valence-electron chi connectivity index (χ4n) is 1.16. The first-order chi connectivity index (χ1) is 8.15. The number of hydrogen-bond acceptors (Lipinski definition) is 3. The summed E-state index contributed by atoms with van der Waals surface area (Å²) in [5.74, 6) is -0.837.